The van der Waals surface area contributed by atoms with Crippen molar-refractivity contribution in [1.29, 1.82) is 0 Å². The molecule has 0 bridgehead atoms. The fourth-order valence-electron chi connectivity index (χ4n) is 1.72. The molecule has 14 heavy (non-hydrogen) atoms. The molecule has 80 valence electrons. The molecule has 0 spiro atoms. The Morgan fingerprint density at radius 1 is 1.43 bits per heavy atom. The predicted octanol–water partition coefficient (Wildman–Crippen LogP) is 3.31. The van der Waals surface area contributed by atoms with Gasteiger partial charge in [0, 0.05) is 6.04 Å². The summed E-state index contributed by atoms with van der Waals surface area (Å²) in [5.74, 6) is 0.787. The molecule has 1 unspecified atom stereocenters. The summed E-state index contributed by atoms with van der Waals surface area (Å²) in [6.07, 6.45) is 3.74. The molecule has 1 atom stereocenters. The van der Waals surface area contributed by atoms with Gasteiger partial charge in [0.1, 0.15) is 0 Å². The Balaban J connectivity index is 2.27. The second kappa shape index (κ2) is 6.20. The molecular weight excluding hydrogens is 190 g/mol. The smallest absolute Gasteiger partial charge is 0.00696 e. The van der Waals surface area contributed by atoms with Gasteiger partial charge in [0.05, 0.1) is 0 Å². The second-order valence-electron chi connectivity index (χ2n) is 4.29. The molecule has 1 rings (SSSR count). The Bertz CT molecular complexity index is 228. The molecule has 0 aliphatic carbocycles. The highest BCUT2D eigenvalue weighted by Crippen LogP contribution is 2.13. The first-order chi connectivity index (χ1) is 6.72. The zero-order chi connectivity index (χ0) is 10.4. The van der Waals surface area contributed by atoms with E-state index in [-0.39, 0.29) is 0 Å². The molecule has 0 aliphatic rings. The summed E-state index contributed by atoms with van der Waals surface area (Å²) in [6.45, 7) is 4.57. The molecule has 1 aromatic rings. The number of aryl methyl sites for hydroxylation is 1. The van der Waals surface area contributed by atoms with Crippen LogP contribution in [0.25, 0.3) is 0 Å². The van der Waals surface area contributed by atoms with Crippen LogP contribution in [0.1, 0.15) is 32.3 Å². The number of rotatable bonds is 6. The highest BCUT2D eigenvalue weighted by Gasteiger charge is 2.08. The summed E-state index contributed by atoms with van der Waals surface area (Å²) in [4.78, 5) is 0. The van der Waals surface area contributed by atoms with Gasteiger partial charge in [0.2, 0.25) is 0 Å². The van der Waals surface area contributed by atoms with Gasteiger partial charge in [0.15, 0.2) is 0 Å². The van der Waals surface area contributed by atoms with E-state index in [9.17, 15) is 0 Å². The summed E-state index contributed by atoms with van der Waals surface area (Å²) in [5.41, 5.74) is 1.49. The lowest BCUT2D eigenvalue weighted by Gasteiger charge is -2.17. The normalized spacial score (nSPS) is 13.4. The Labute approximate surface area is 91.5 Å². The summed E-state index contributed by atoms with van der Waals surface area (Å²) in [6, 6.07) is 2.90. The van der Waals surface area contributed by atoms with Gasteiger partial charge < -0.3 is 5.32 Å². The van der Waals surface area contributed by atoms with Crippen molar-refractivity contribution in [3.8, 4) is 0 Å². The topological polar surface area (TPSA) is 12.0 Å². The maximum absolute atomic E-state index is 3.40. The Morgan fingerprint density at radius 2 is 2.21 bits per heavy atom. The third-order valence-electron chi connectivity index (χ3n) is 2.53. The number of hydrogen-bond donors (Lipinski definition) is 1. The van der Waals surface area contributed by atoms with Crippen molar-refractivity contribution in [2.75, 3.05) is 7.05 Å². The lowest BCUT2D eigenvalue weighted by atomic mass is 9.98. The zero-order valence-corrected chi connectivity index (χ0v) is 10.2. The maximum atomic E-state index is 3.40. The summed E-state index contributed by atoms with van der Waals surface area (Å²) in [5, 5.41) is 7.81. The molecular formula is C12H21NS. The SMILES string of the molecule is CNC(CCc1ccsc1)CC(C)C. The molecule has 0 aliphatic heterocycles. The summed E-state index contributed by atoms with van der Waals surface area (Å²) in [7, 11) is 2.07. The Morgan fingerprint density at radius 3 is 2.71 bits per heavy atom. The van der Waals surface area contributed by atoms with Crippen molar-refractivity contribution >= 4 is 11.3 Å². The van der Waals surface area contributed by atoms with Crippen LogP contribution in [0.5, 0.6) is 0 Å². The first-order valence-electron chi connectivity index (χ1n) is 5.40. The van der Waals surface area contributed by atoms with Crippen LogP contribution in [-0.2, 0) is 6.42 Å². The highest BCUT2D eigenvalue weighted by molar-refractivity contribution is 7.07. The first kappa shape index (κ1) is 11.7. The van der Waals surface area contributed by atoms with Crippen LogP contribution in [-0.4, -0.2) is 13.1 Å². The molecule has 0 saturated heterocycles. The average Bonchev–Trinajstić information content (AvgIpc) is 2.64. The Hall–Kier alpha value is -0.340. The number of hydrogen-bond acceptors (Lipinski definition) is 2. The molecule has 0 radical (unpaired) electrons. The van der Waals surface area contributed by atoms with Gasteiger partial charge in [-0.3, -0.25) is 0 Å². The lowest BCUT2D eigenvalue weighted by molar-refractivity contribution is 0.422. The maximum Gasteiger partial charge on any atom is 0.00696 e. The molecule has 1 nitrogen and oxygen atoms in total. The highest BCUT2D eigenvalue weighted by atomic mass is 32.1. The van der Waals surface area contributed by atoms with Crippen molar-refractivity contribution in [1.82, 2.24) is 5.32 Å². The van der Waals surface area contributed by atoms with Crippen molar-refractivity contribution in [3.05, 3.63) is 22.4 Å². The summed E-state index contributed by atoms with van der Waals surface area (Å²) >= 11 is 1.79. The van der Waals surface area contributed by atoms with Gasteiger partial charge in [-0.15, -0.1) is 0 Å². The third-order valence-corrected chi connectivity index (χ3v) is 3.26. The van der Waals surface area contributed by atoms with E-state index in [1.54, 1.807) is 11.3 Å². The first-order valence-corrected chi connectivity index (χ1v) is 6.35. The van der Waals surface area contributed by atoms with E-state index in [1.807, 2.05) is 0 Å². The van der Waals surface area contributed by atoms with Crippen LogP contribution in [0, 0.1) is 5.92 Å². The van der Waals surface area contributed by atoms with E-state index >= 15 is 0 Å². The van der Waals surface area contributed by atoms with Crippen molar-refractivity contribution in [3.63, 3.8) is 0 Å². The molecule has 2 heteroatoms. The van der Waals surface area contributed by atoms with Crippen LogP contribution >= 0.6 is 11.3 Å². The van der Waals surface area contributed by atoms with E-state index in [0.29, 0.717) is 6.04 Å². The molecule has 1 aromatic heterocycles. The number of thiophene rings is 1. The monoisotopic (exact) mass is 211 g/mol. The second-order valence-corrected chi connectivity index (χ2v) is 5.07. The van der Waals surface area contributed by atoms with Gasteiger partial charge in [-0.25, -0.2) is 0 Å². The third kappa shape index (κ3) is 4.25. The molecule has 1 heterocycles. The molecule has 0 fully saturated rings. The molecule has 0 saturated carbocycles. The lowest BCUT2D eigenvalue weighted by Crippen LogP contribution is -2.27. The minimum absolute atomic E-state index is 0.676. The number of nitrogens with one attached hydrogen (secondary N) is 1. The van der Waals surface area contributed by atoms with Crippen LogP contribution < -0.4 is 5.32 Å². The Kier molecular flexibility index (Phi) is 5.20. The zero-order valence-electron chi connectivity index (χ0n) is 9.42. The van der Waals surface area contributed by atoms with E-state index in [2.05, 4.69) is 43.0 Å². The quantitative estimate of drug-likeness (QED) is 0.761. The van der Waals surface area contributed by atoms with Crippen molar-refractivity contribution in [2.24, 2.45) is 5.92 Å². The van der Waals surface area contributed by atoms with Gasteiger partial charge in [-0.2, -0.15) is 11.3 Å². The van der Waals surface area contributed by atoms with Crippen LogP contribution in [0.15, 0.2) is 16.8 Å². The molecule has 0 amide bonds. The van der Waals surface area contributed by atoms with Crippen molar-refractivity contribution in [2.45, 2.75) is 39.2 Å². The fourth-order valence-corrected chi connectivity index (χ4v) is 2.43. The fraction of sp³-hybridized carbons (Fsp3) is 0.667. The van der Waals surface area contributed by atoms with Crippen LogP contribution in [0.2, 0.25) is 0 Å². The van der Waals surface area contributed by atoms with Crippen molar-refractivity contribution < 1.29 is 0 Å². The standard InChI is InChI=1S/C12H21NS/c1-10(2)8-12(13-3)5-4-11-6-7-14-9-11/h6-7,9-10,12-13H,4-5,8H2,1-3H3. The molecule has 1 N–H and O–H groups in total. The van der Waals surface area contributed by atoms with Gasteiger partial charge >= 0.3 is 0 Å². The van der Waals surface area contributed by atoms with E-state index in [0.717, 1.165) is 5.92 Å². The average molecular weight is 211 g/mol. The van der Waals surface area contributed by atoms with E-state index in [1.165, 1.54) is 24.8 Å². The van der Waals surface area contributed by atoms with E-state index in [4.69, 9.17) is 0 Å². The minimum Gasteiger partial charge on any atom is -0.317 e. The van der Waals surface area contributed by atoms with Crippen LogP contribution in [0.4, 0.5) is 0 Å². The summed E-state index contributed by atoms with van der Waals surface area (Å²) < 4.78 is 0. The van der Waals surface area contributed by atoms with Crippen LogP contribution in [0.3, 0.4) is 0 Å². The van der Waals surface area contributed by atoms with Gasteiger partial charge in [-0.05, 0) is 54.6 Å². The van der Waals surface area contributed by atoms with Gasteiger partial charge in [0.25, 0.3) is 0 Å². The predicted molar refractivity (Wildman–Crippen MR) is 64.9 cm³/mol. The minimum atomic E-state index is 0.676. The van der Waals surface area contributed by atoms with Gasteiger partial charge in [-0.1, -0.05) is 13.8 Å². The molecule has 0 aromatic carbocycles. The largest absolute Gasteiger partial charge is 0.317 e. The van der Waals surface area contributed by atoms with E-state index < -0.39 is 0 Å².